The Morgan fingerprint density at radius 3 is 2.42 bits per heavy atom. The summed E-state index contributed by atoms with van der Waals surface area (Å²) in [5, 5.41) is 10.4. The Bertz CT molecular complexity index is 356. The minimum absolute atomic E-state index is 0.142. The van der Waals surface area contributed by atoms with Crippen LogP contribution in [0.15, 0.2) is 0 Å². The lowest BCUT2D eigenvalue weighted by Gasteiger charge is -2.42. The van der Waals surface area contributed by atoms with Gasteiger partial charge in [0.25, 0.3) is 0 Å². The summed E-state index contributed by atoms with van der Waals surface area (Å²) in [6.45, 7) is 4.77. The fourth-order valence-corrected chi connectivity index (χ4v) is 3.60. The van der Waals surface area contributed by atoms with Gasteiger partial charge in [-0.25, -0.2) is 8.42 Å². The van der Waals surface area contributed by atoms with Crippen LogP contribution in [0.25, 0.3) is 0 Å². The lowest BCUT2D eigenvalue weighted by Crippen LogP contribution is -2.47. The molecule has 0 saturated heterocycles. The molecule has 4 nitrogen and oxygen atoms in total. The molecule has 1 rings (SSSR count). The van der Waals surface area contributed by atoms with Crippen LogP contribution in [0.2, 0.25) is 0 Å². The van der Waals surface area contributed by atoms with Gasteiger partial charge in [0.05, 0.1) is 11.7 Å². The number of rotatable bonds is 7. The SMILES string of the molecule is CCOC1(C(O)CCCS(C)(=O)=O)CCC(C)CC1. The molecule has 0 radical (unpaired) electrons. The minimum atomic E-state index is -2.94. The van der Waals surface area contributed by atoms with E-state index >= 15 is 0 Å². The lowest BCUT2D eigenvalue weighted by molar-refractivity contribution is -0.146. The van der Waals surface area contributed by atoms with Crippen LogP contribution >= 0.6 is 0 Å². The Labute approximate surface area is 117 Å². The molecule has 1 saturated carbocycles. The van der Waals surface area contributed by atoms with Gasteiger partial charge in [0.2, 0.25) is 0 Å². The highest BCUT2D eigenvalue weighted by molar-refractivity contribution is 7.90. The zero-order valence-corrected chi connectivity index (χ0v) is 13.2. The molecule has 0 aliphatic heterocycles. The molecule has 1 unspecified atom stereocenters. The van der Waals surface area contributed by atoms with Crippen molar-refractivity contribution in [3.8, 4) is 0 Å². The predicted octanol–water partition coefficient (Wildman–Crippen LogP) is 2.16. The maximum Gasteiger partial charge on any atom is 0.147 e. The topological polar surface area (TPSA) is 63.6 Å². The summed E-state index contributed by atoms with van der Waals surface area (Å²) in [5.74, 6) is 0.833. The number of sulfone groups is 1. The molecule has 1 fully saturated rings. The van der Waals surface area contributed by atoms with E-state index in [9.17, 15) is 13.5 Å². The van der Waals surface area contributed by atoms with Gasteiger partial charge >= 0.3 is 0 Å². The van der Waals surface area contributed by atoms with Gasteiger partial charge in [0, 0.05) is 18.6 Å². The second-order valence-electron chi connectivity index (χ2n) is 5.97. The van der Waals surface area contributed by atoms with Gasteiger partial charge in [0.15, 0.2) is 0 Å². The Balaban J connectivity index is 2.55. The van der Waals surface area contributed by atoms with Crippen molar-refractivity contribution >= 4 is 9.84 Å². The van der Waals surface area contributed by atoms with E-state index in [1.54, 1.807) is 0 Å². The maximum atomic E-state index is 11.1. The van der Waals surface area contributed by atoms with Crippen LogP contribution < -0.4 is 0 Å². The molecule has 0 amide bonds. The van der Waals surface area contributed by atoms with Crippen molar-refractivity contribution in [2.75, 3.05) is 18.6 Å². The Morgan fingerprint density at radius 2 is 1.95 bits per heavy atom. The fourth-order valence-electron chi connectivity index (χ4n) is 2.91. The highest BCUT2D eigenvalue weighted by Gasteiger charge is 2.40. The van der Waals surface area contributed by atoms with Crippen LogP contribution in [0.5, 0.6) is 0 Å². The first kappa shape index (κ1) is 16.9. The standard InChI is InChI=1S/C14H28O4S/c1-4-18-14(9-7-12(2)8-10-14)13(15)6-5-11-19(3,16)17/h12-13,15H,4-11H2,1-3H3. The van der Waals surface area contributed by atoms with Crippen molar-refractivity contribution in [2.45, 2.75) is 64.1 Å². The van der Waals surface area contributed by atoms with Crippen molar-refractivity contribution in [1.82, 2.24) is 0 Å². The van der Waals surface area contributed by atoms with E-state index in [1.165, 1.54) is 6.26 Å². The van der Waals surface area contributed by atoms with Crippen molar-refractivity contribution in [3.05, 3.63) is 0 Å². The molecule has 0 aromatic rings. The zero-order chi connectivity index (χ0) is 14.5. The maximum absolute atomic E-state index is 11.1. The molecule has 19 heavy (non-hydrogen) atoms. The normalized spacial score (nSPS) is 30.2. The number of hydrogen-bond donors (Lipinski definition) is 1. The summed E-state index contributed by atoms with van der Waals surface area (Å²) in [5.41, 5.74) is -0.446. The van der Waals surface area contributed by atoms with Gasteiger partial charge in [-0.15, -0.1) is 0 Å². The molecule has 0 aromatic heterocycles. The van der Waals surface area contributed by atoms with Crippen LogP contribution in [-0.4, -0.2) is 43.8 Å². The summed E-state index contributed by atoms with van der Waals surface area (Å²) >= 11 is 0. The van der Waals surface area contributed by atoms with Crippen molar-refractivity contribution in [3.63, 3.8) is 0 Å². The van der Waals surface area contributed by atoms with E-state index in [0.717, 1.165) is 25.7 Å². The van der Waals surface area contributed by atoms with Crippen molar-refractivity contribution in [1.29, 1.82) is 0 Å². The molecule has 114 valence electrons. The van der Waals surface area contributed by atoms with Gasteiger partial charge in [-0.3, -0.25) is 0 Å². The molecule has 0 aromatic carbocycles. The van der Waals surface area contributed by atoms with Crippen molar-refractivity contribution < 1.29 is 18.3 Å². The summed E-state index contributed by atoms with van der Waals surface area (Å²) in [6.07, 6.45) is 5.59. The molecule has 1 aliphatic carbocycles. The molecule has 1 aliphatic rings. The van der Waals surface area contributed by atoms with Crippen molar-refractivity contribution in [2.24, 2.45) is 5.92 Å². The number of hydrogen-bond acceptors (Lipinski definition) is 4. The van der Waals surface area contributed by atoms with Gasteiger partial charge in [-0.2, -0.15) is 0 Å². The number of aliphatic hydroxyl groups excluding tert-OH is 1. The zero-order valence-electron chi connectivity index (χ0n) is 12.4. The first-order chi connectivity index (χ1) is 8.79. The van der Waals surface area contributed by atoms with E-state index in [1.807, 2.05) is 6.92 Å². The lowest BCUT2D eigenvalue weighted by atomic mass is 9.75. The highest BCUT2D eigenvalue weighted by atomic mass is 32.2. The van der Waals surface area contributed by atoms with Crippen LogP contribution in [0.1, 0.15) is 52.4 Å². The number of aliphatic hydroxyl groups is 1. The second kappa shape index (κ2) is 7.04. The summed E-state index contributed by atoms with van der Waals surface area (Å²) < 4.78 is 28.1. The molecule has 1 N–H and O–H groups in total. The van der Waals surface area contributed by atoms with Gasteiger partial charge < -0.3 is 9.84 Å². The third-order valence-corrected chi connectivity index (χ3v) is 5.18. The predicted molar refractivity (Wildman–Crippen MR) is 76.9 cm³/mol. The molecule has 1 atom stereocenters. The minimum Gasteiger partial charge on any atom is -0.390 e. The van der Waals surface area contributed by atoms with Gasteiger partial charge in [-0.1, -0.05) is 6.92 Å². The van der Waals surface area contributed by atoms with Gasteiger partial charge in [0.1, 0.15) is 9.84 Å². The number of ether oxygens (including phenoxy) is 1. The second-order valence-corrected chi connectivity index (χ2v) is 8.23. The summed E-state index contributed by atoms with van der Waals surface area (Å²) in [6, 6.07) is 0. The molecular formula is C14H28O4S. The van der Waals surface area contributed by atoms with Crippen LogP contribution in [-0.2, 0) is 14.6 Å². The highest BCUT2D eigenvalue weighted by Crippen LogP contribution is 2.38. The van der Waals surface area contributed by atoms with E-state index in [4.69, 9.17) is 4.74 Å². The van der Waals surface area contributed by atoms with E-state index < -0.39 is 21.5 Å². The fraction of sp³-hybridized carbons (Fsp3) is 1.00. The summed E-state index contributed by atoms with van der Waals surface area (Å²) in [4.78, 5) is 0. The summed E-state index contributed by atoms with van der Waals surface area (Å²) in [7, 11) is -2.94. The smallest absolute Gasteiger partial charge is 0.147 e. The van der Waals surface area contributed by atoms with Gasteiger partial charge in [-0.05, 0) is 51.4 Å². The first-order valence-corrected chi connectivity index (χ1v) is 9.35. The molecular weight excluding hydrogens is 264 g/mol. The third kappa shape index (κ3) is 5.40. The average Bonchev–Trinajstić information content (AvgIpc) is 2.31. The monoisotopic (exact) mass is 292 g/mol. The Kier molecular flexibility index (Phi) is 6.27. The van der Waals surface area contributed by atoms with E-state index in [-0.39, 0.29) is 5.75 Å². The quantitative estimate of drug-likeness (QED) is 0.781. The van der Waals surface area contributed by atoms with Crippen LogP contribution in [0.3, 0.4) is 0 Å². The van der Waals surface area contributed by atoms with Crippen LogP contribution in [0.4, 0.5) is 0 Å². The van der Waals surface area contributed by atoms with Crippen LogP contribution in [0, 0.1) is 5.92 Å². The van der Waals surface area contributed by atoms with E-state index in [0.29, 0.717) is 25.4 Å². The third-order valence-electron chi connectivity index (χ3n) is 4.15. The first-order valence-electron chi connectivity index (χ1n) is 7.29. The van der Waals surface area contributed by atoms with E-state index in [2.05, 4.69) is 6.92 Å². The largest absolute Gasteiger partial charge is 0.390 e. The molecule has 0 heterocycles. The average molecular weight is 292 g/mol. The molecule has 5 heteroatoms. The Hall–Kier alpha value is -0.130. The molecule has 0 bridgehead atoms. The Morgan fingerprint density at radius 1 is 1.37 bits per heavy atom. The molecule has 0 spiro atoms.